The second kappa shape index (κ2) is 15.2. The summed E-state index contributed by atoms with van der Waals surface area (Å²) in [5.74, 6) is 0.0240. The smallest absolute Gasteiger partial charge is 0.275 e. The normalized spacial score (nSPS) is 24.2. The molecule has 6 atom stereocenters. The van der Waals surface area contributed by atoms with Crippen LogP contribution in [0.25, 0.3) is 0 Å². The predicted octanol–water partition coefficient (Wildman–Crippen LogP) is 8.82. The summed E-state index contributed by atoms with van der Waals surface area (Å²) in [7, 11) is -1.71. The molecule has 0 fully saturated rings. The highest BCUT2D eigenvalue weighted by molar-refractivity contribution is 7.70. The van der Waals surface area contributed by atoms with Crippen molar-refractivity contribution < 1.29 is 9.59 Å². The van der Waals surface area contributed by atoms with Gasteiger partial charge < -0.3 is 10.6 Å². The number of hydrogen-bond acceptors (Lipinski definition) is 2. The number of nitrogens with one attached hydrogen (secondary N) is 2. The van der Waals surface area contributed by atoms with E-state index in [0.29, 0.717) is 22.9 Å². The first-order chi connectivity index (χ1) is 23.0. The molecule has 0 aliphatic heterocycles. The second-order valence-electron chi connectivity index (χ2n) is 12.4. The van der Waals surface area contributed by atoms with Crippen molar-refractivity contribution in [2.45, 2.75) is 25.9 Å². The van der Waals surface area contributed by atoms with Gasteiger partial charge in [-0.05, 0) is 54.8 Å². The number of benzene rings is 3. The Balaban J connectivity index is 1.61. The van der Waals surface area contributed by atoms with Crippen LogP contribution >= 0.6 is 7.92 Å². The lowest BCUT2D eigenvalue weighted by molar-refractivity contribution is -0.113. The van der Waals surface area contributed by atoms with Gasteiger partial charge >= 0.3 is 0 Å². The van der Waals surface area contributed by atoms with Crippen molar-refractivity contribution >= 4 is 30.7 Å². The zero-order chi connectivity index (χ0) is 32.6. The lowest BCUT2D eigenvalue weighted by Crippen LogP contribution is -2.36. The first-order valence-electron chi connectivity index (χ1n) is 16.5. The summed E-state index contributed by atoms with van der Waals surface area (Å²) in [6.07, 6.45) is 24.9. The van der Waals surface area contributed by atoms with E-state index in [-0.39, 0.29) is 35.2 Å². The van der Waals surface area contributed by atoms with Crippen LogP contribution in [0.5, 0.6) is 0 Å². The van der Waals surface area contributed by atoms with Gasteiger partial charge in [0.2, 0.25) is 0 Å². The molecule has 0 saturated heterocycles. The Morgan fingerprint density at radius 1 is 0.702 bits per heavy atom. The van der Waals surface area contributed by atoms with Crippen LogP contribution in [0.15, 0.2) is 174 Å². The van der Waals surface area contributed by atoms with E-state index in [2.05, 4.69) is 116 Å². The fourth-order valence-electron chi connectivity index (χ4n) is 6.86. The van der Waals surface area contributed by atoms with E-state index >= 15 is 0 Å². The SMILES string of the molecule is CC1C=CC=CC1C1=CC=CCC1/C(=C(/NC(=O)c1ccccc1)C(=O)Nc1ccccc1)[PH+](c1ccccc1)C1C=CC=CC1C. The third-order valence-electron chi connectivity index (χ3n) is 9.26. The minimum absolute atomic E-state index is 0.0863. The van der Waals surface area contributed by atoms with E-state index in [0.717, 1.165) is 11.7 Å². The van der Waals surface area contributed by atoms with Crippen LogP contribution in [-0.4, -0.2) is 17.5 Å². The van der Waals surface area contributed by atoms with Crippen molar-refractivity contribution in [1.29, 1.82) is 0 Å². The third kappa shape index (κ3) is 7.45. The highest BCUT2D eigenvalue weighted by atomic mass is 31.1. The molecule has 47 heavy (non-hydrogen) atoms. The van der Waals surface area contributed by atoms with E-state index in [1.54, 1.807) is 12.1 Å². The van der Waals surface area contributed by atoms with Gasteiger partial charge in [-0.1, -0.05) is 135 Å². The third-order valence-corrected chi connectivity index (χ3v) is 12.8. The standard InChI is InChI=1S/C42H41N2O2P/c1-30-18-12-14-26-35(30)36-27-15-16-28-37(36)40(47(34-24-10-5-11-25-34)38-29-17-13-19-31(38)2)39(42(46)43-33-22-8-4-9-23-33)44-41(45)32-20-6-3-7-21-32/h3-27,29-31,35,37-38H,28H2,1-2H3,(H,43,46)(H,44,45)/p+1/b40-39-. The van der Waals surface area contributed by atoms with Gasteiger partial charge in [0.05, 0.1) is 13.2 Å². The Labute approximate surface area is 279 Å². The van der Waals surface area contributed by atoms with Gasteiger partial charge in [0.15, 0.2) is 0 Å². The Kier molecular flexibility index (Phi) is 10.4. The lowest BCUT2D eigenvalue weighted by atomic mass is 9.75. The molecule has 0 radical (unpaired) electrons. The van der Waals surface area contributed by atoms with Gasteiger partial charge in [-0.3, -0.25) is 9.59 Å². The maximum Gasteiger partial charge on any atom is 0.275 e. The average Bonchev–Trinajstić information content (AvgIpc) is 3.11. The van der Waals surface area contributed by atoms with E-state index < -0.39 is 7.92 Å². The number of hydrogen-bond donors (Lipinski definition) is 2. The number of para-hydroxylation sites is 1. The van der Waals surface area contributed by atoms with Crippen LogP contribution in [0.4, 0.5) is 5.69 Å². The molecule has 3 aromatic rings. The van der Waals surface area contributed by atoms with Crippen LogP contribution in [0, 0.1) is 23.7 Å². The van der Waals surface area contributed by atoms with Crippen molar-refractivity contribution in [3.8, 4) is 0 Å². The Hall–Kier alpha value is -4.79. The summed E-state index contributed by atoms with van der Waals surface area (Å²) < 4.78 is 0. The van der Waals surface area contributed by atoms with Crippen molar-refractivity contribution in [3.05, 3.63) is 180 Å². The van der Waals surface area contributed by atoms with Crippen LogP contribution < -0.4 is 15.9 Å². The number of allylic oxidation sites excluding steroid dienone is 13. The first-order valence-corrected chi connectivity index (χ1v) is 18.0. The molecule has 0 spiro atoms. The van der Waals surface area contributed by atoms with Gasteiger partial charge in [0.1, 0.15) is 16.7 Å². The maximum absolute atomic E-state index is 14.7. The molecule has 6 unspecified atom stereocenters. The number of carbonyl (C=O) groups is 2. The molecule has 4 nitrogen and oxygen atoms in total. The van der Waals surface area contributed by atoms with Gasteiger partial charge in [0, 0.05) is 29.0 Å². The van der Waals surface area contributed by atoms with Crippen molar-refractivity contribution in [2.24, 2.45) is 23.7 Å². The molecule has 3 aliphatic rings. The van der Waals surface area contributed by atoms with Crippen LogP contribution in [0.2, 0.25) is 0 Å². The molecule has 0 saturated carbocycles. The summed E-state index contributed by atoms with van der Waals surface area (Å²) >= 11 is 0. The van der Waals surface area contributed by atoms with E-state index in [1.165, 1.54) is 10.9 Å². The molecule has 5 heteroatoms. The lowest BCUT2D eigenvalue weighted by Gasteiger charge is -2.35. The minimum atomic E-state index is -1.71. The summed E-state index contributed by atoms with van der Waals surface area (Å²) in [6, 6.07) is 29.3. The molecular formula is C42H42N2O2P+. The highest BCUT2D eigenvalue weighted by Crippen LogP contribution is 2.59. The van der Waals surface area contributed by atoms with Crippen molar-refractivity contribution in [2.75, 3.05) is 5.32 Å². The van der Waals surface area contributed by atoms with Crippen LogP contribution in [0.3, 0.4) is 0 Å². The number of anilines is 1. The monoisotopic (exact) mass is 637 g/mol. The number of rotatable bonds is 9. The van der Waals surface area contributed by atoms with Gasteiger partial charge in [-0.15, -0.1) is 0 Å². The molecule has 3 aromatic carbocycles. The number of carbonyl (C=O) groups excluding carboxylic acids is 2. The molecule has 3 aliphatic carbocycles. The van der Waals surface area contributed by atoms with Crippen molar-refractivity contribution in [1.82, 2.24) is 5.32 Å². The predicted molar refractivity (Wildman–Crippen MR) is 198 cm³/mol. The Bertz CT molecular complexity index is 1780. The number of amides is 2. The quantitative estimate of drug-likeness (QED) is 0.182. The fraction of sp³-hybridized carbons (Fsp3) is 0.190. The first kappa shape index (κ1) is 32.2. The molecule has 236 valence electrons. The maximum atomic E-state index is 14.7. The Morgan fingerprint density at radius 3 is 2.00 bits per heavy atom. The van der Waals surface area contributed by atoms with Gasteiger partial charge in [0.25, 0.3) is 11.8 Å². The zero-order valence-corrected chi connectivity index (χ0v) is 27.9. The summed E-state index contributed by atoms with van der Waals surface area (Å²) in [5.41, 5.74) is 2.97. The largest absolute Gasteiger partial charge is 0.321 e. The fourth-order valence-corrected chi connectivity index (χ4v) is 10.5. The molecule has 6 rings (SSSR count). The Morgan fingerprint density at radius 2 is 1.32 bits per heavy atom. The summed E-state index contributed by atoms with van der Waals surface area (Å²) in [5, 5.41) is 8.61. The molecule has 2 amide bonds. The molecule has 2 N–H and O–H groups in total. The van der Waals surface area contributed by atoms with E-state index in [1.807, 2.05) is 54.6 Å². The van der Waals surface area contributed by atoms with Crippen LogP contribution in [-0.2, 0) is 4.79 Å². The molecule has 0 aromatic heterocycles. The second-order valence-corrected chi connectivity index (χ2v) is 15.0. The summed E-state index contributed by atoms with van der Waals surface area (Å²) in [4.78, 5) is 28.8. The van der Waals surface area contributed by atoms with Crippen LogP contribution in [0.1, 0.15) is 30.6 Å². The summed E-state index contributed by atoms with van der Waals surface area (Å²) in [6.45, 7) is 4.51. The molecule has 0 bridgehead atoms. The highest BCUT2D eigenvalue weighted by Gasteiger charge is 2.45. The van der Waals surface area contributed by atoms with Gasteiger partial charge in [-0.2, -0.15) is 0 Å². The van der Waals surface area contributed by atoms with Gasteiger partial charge in [-0.25, -0.2) is 0 Å². The van der Waals surface area contributed by atoms with E-state index in [9.17, 15) is 9.59 Å². The topological polar surface area (TPSA) is 58.2 Å². The zero-order valence-electron chi connectivity index (χ0n) is 26.9. The molecule has 0 heterocycles. The van der Waals surface area contributed by atoms with E-state index in [4.69, 9.17) is 0 Å². The van der Waals surface area contributed by atoms with Crippen molar-refractivity contribution in [3.63, 3.8) is 0 Å². The minimum Gasteiger partial charge on any atom is -0.321 e. The molecular weight excluding hydrogens is 595 g/mol. The average molecular weight is 638 g/mol.